The number of anilines is 2. The van der Waals surface area contributed by atoms with Gasteiger partial charge in [0.05, 0.1) is 10.7 Å². The van der Waals surface area contributed by atoms with Crippen molar-refractivity contribution in [1.29, 1.82) is 0 Å². The predicted octanol–water partition coefficient (Wildman–Crippen LogP) is 4.32. The minimum Gasteiger partial charge on any atom is -0.382 e. The van der Waals surface area contributed by atoms with Crippen molar-refractivity contribution in [2.45, 2.75) is 32.2 Å². The number of hydrogen-bond acceptors (Lipinski definition) is 6. The number of piperidine rings is 1. The van der Waals surface area contributed by atoms with Crippen LogP contribution in [0, 0.1) is 18.2 Å². The summed E-state index contributed by atoms with van der Waals surface area (Å²) in [6.07, 6.45) is 7.98. The molecule has 7 nitrogen and oxygen atoms in total. The number of nitrogen functional groups attached to an aromatic ring is 1. The van der Waals surface area contributed by atoms with Crippen LogP contribution in [0.3, 0.4) is 0 Å². The van der Waals surface area contributed by atoms with Crippen LogP contribution in [0.5, 0.6) is 0 Å². The van der Waals surface area contributed by atoms with Crippen LogP contribution < -0.4 is 16.4 Å². The Morgan fingerprint density at radius 1 is 1.15 bits per heavy atom. The molecule has 0 radical (unpaired) electrons. The standard InChI is InChI=1S/C25H25ClFN7/c1-14-19(18-4-7-30-22(29)20(18)26)23-31-8-11-34(23)24(32-14)33-9-5-25(6-10-33)13-15-12-16(27)2-3-17(15)21(25)28/h2-4,7-8,11-12,21H,5-6,9-10,13,28H2,1H3,(H2,29,30)/t21-/m1/s1. The summed E-state index contributed by atoms with van der Waals surface area (Å²) in [4.78, 5) is 16.0. The summed E-state index contributed by atoms with van der Waals surface area (Å²) < 4.78 is 15.8. The Bertz CT molecular complexity index is 1420. The second-order valence-corrected chi connectivity index (χ2v) is 9.78. The van der Waals surface area contributed by atoms with Crippen LogP contribution in [0.2, 0.25) is 5.02 Å². The van der Waals surface area contributed by atoms with E-state index in [1.807, 2.05) is 29.7 Å². The maximum absolute atomic E-state index is 13.8. The summed E-state index contributed by atoms with van der Waals surface area (Å²) >= 11 is 6.49. The van der Waals surface area contributed by atoms with Crippen molar-refractivity contribution >= 4 is 29.0 Å². The fourth-order valence-electron chi connectivity index (χ4n) is 5.75. The highest BCUT2D eigenvalue weighted by molar-refractivity contribution is 6.35. The van der Waals surface area contributed by atoms with Gasteiger partial charge in [0.15, 0.2) is 0 Å². The molecule has 1 aliphatic heterocycles. The summed E-state index contributed by atoms with van der Waals surface area (Å²) in [5.41, 5.74) is 17.9. The number of aryl methyl sites for hydroxylation is 1. The normalized spacial score (nSPS) is 19.2. The quantitative estimate of drug-likeness (QED) is 0.446. The van der Waals surface area contributed by atoms with E-state index in [4.69, 9.17) is 28.1 Å². The van der Waals surface area contributed by atoms with Gasteiger partial charge in [0, 0.05) is 48.8 Å². The van der Waals surface area contributed by atoms with Crippen molar-refractivity contribution in [3.8, 4) is 11.1 Å². The van der Waals surface area contributed by atoms with Crippen LogP contribution in [-0.4, -0.2) is 32.4 Å². The lowest BCUT2D eigenvalue weighted by Gasteiger charge is -2.42. The number of aromatic nitrogens is 4. The maximum atomic E-state index is 13.8. The molecule has 0 unspecified atom stereocenters. The molecule has 0 amide bonds. The van der Waals surface area contributed by atoms with Gasteiger partial charge in [0.2, 0.25) is 5.95 Å². The molecule has 9 heteroatoms. The molecule has 4 aromatic rings. The van der Waals surface area contributed by atoms with Crippen molar-refractivity contribution in [2.75, 3.05) is 23.7 Å². The molecule has 2 aliphatic rings. The Balaban J connectivity index is 1.33. The molecule has 4 N–H and O–H groups in total. The summed E-state index contributed by atoms with van der Waals surface area (Å²) in [7, 11) is 0. The number of rotatable bonds is 2. The third kappa shape index (κ3) is 3.09. The molecule has 0 saturated carbocycles. The fraction of sp³-hybridized carbons (Fsp3) is 0.320. The first-order chi connectivity index (χ1) is 16.4. The molecule has 0 bridgehead atoms. The minimum atomic E-state index is -0.196. The number of benzene rings is 1. The SMILES string of the molecule is Cc1nc(N2CCC3(CC2)Cc2cc(F)ccc2[C@H]3N)n2ccnc2c1-c1ccnc(N)c1Cl. The van der Waals surface area contributed by atoms with E-state index in [9.17, 15) is 4.39 Å². The van der Waals surface area contributed by atoms with Crippen molar-refractivity contribution in [3.63, 3.8) is 0 Å². The first kappa shape index (κ1) is 21.3. The number of pyridine rings is 1. The zero-order chi connectivity index (χ0) is 23.6. The molecule has 1 aliphatic carbocycles. The van der Waals surface area contributed by atoms with E-state index < -0.39 is 0 Å². The van der Waals surface area contributed by atoms with Gasteiger partial charge in [-0.05, 0) is 60.9 Å². The smallest absolute Gasteiger partial charge is 0.211 e. The highest BCUT2D eigenvalue weighted by Crippen LogP contribution is 2.51. The molecule has 1 fully saturated rings. The lowest BCUT2D eigenvalue weighted by atomic mass is 9.73. The monoisotopic (exact) mass is 477 g/mol. The summed E-state index contributed by atoms with van der Waals surface area (Å²) in [6.45, 7) is 3.59. The van der Waals surface area contributed by atoms with Crippen molar-refractivity contribution in [3.05, 3.63) is 70.5 Å². The fourth-order valence-corrected chi connectivity index (χ4v) is 5.96. The van der Waals surface area contributed by atoms with E-state index in [2.05, 4.69) is 14.9 Å². The highest BCUT2D eigenvalue weighted by atomic mass is 35.5. The molecule has 1 atom stereocenters. The highest BCUT2D eigenvalue weighted by Gasteiger charge is 2.46. The van der Waals surface area contributed by atoms with Crippen molar-refractivity contribution < 1.29 is 4.39 Å². The van der Waals surface area contributed by atoms with E-state index in [0.717, 1.165) is 71.9 Å². The van der Waals surface area contributed by atoms with Gasteiger partial charge in [-0.15, -0.1) is 0 Å². The Morgan fingerprint density at radius 2 is 1.94 bits per heavy atom. The van der Waals surface area contributed by atoms with Gasteiger partial charge in [-0.2, -0.15) is 0 Å². The number of halogens is 2. The largest absolute Gasteiger partial charge is 0.382 e. The van der Waals surface area contributed by atoms with Gasteiger partial charge in [-0.1, -0.05) is 17.7 Å². The van der Waals surface area contributed by atoms with Crippen LogP contribution in [0.1, 0.15) is 35.7 Å². The van der Waals surface area contributed by atoms with Gasteiger partial charge >= 0.3 is 0 Å². The molecular formula is C25H25ClFN7. The number of hydrogen-bond donors (Lipinski definition) is 2. The van der Waals surface area contributed by atoms with Crippen LogP contribution >= 0.6 is 11.6 Å². The second kappa shape index (κ2) is 7.65. The number of nitrogens with two attached hydrogens (primary N) is 2. The Morgan fingerprint density at radius 3 is 2.74 bits per heavy atom. The molecule has 34 heavy (non-hydrogen) atoms. The minimum absolute atomic E-state index is 0.0439. The number of nitrogens with zero attached hydrogens (tertiary/aromatic N) is 5. The first-order valence-corrected chi connectivity index (χ1v) is 11.8. The third-order valence-electron chi connectivity index (χ3n) is 7.58. The lowest BCUT2D eigenvalue weighted by molar-refractivity contribution is 0.186. The Kier molecular flexibility index (Phi) is 4.79. The van der Waals surface area contributed by atoms with Gasteiger partial charge < -0.3 is 16.4 Å². The van der Waals surface area contributed by atoms with E-state index in [0.29, 0.717) is 5.02 Å². The molecule has 1 spiro atoms. The van der Waals surface area contributed by atoms with E-state index >= 15 is 0 Å². The van der Waals surface area contributed by atoms with Crippen LogP contribution in [0.15, 0.2) is 42.9 Å². The Labute approximate surface area is 201 Å². The molecule has 1 saturated heterocycles. The topological polar surface area (TPSA) is 98.4 Å². The third-order valence-corrected chi connectivity index (χ3v) is 7.98. The molecular weight excluding hydrogens is 453 g/mol. The maximum Gasteiger partial charge on any atom is 0.211 e. The Hall–Kier alpha value is -3.23. The average Bonchev–Trinajstić information content (AvgIpc) is 3.40. The predicted molar refractivity (Wildman–Crippen MR) is 131 cm³/mol. The summed E-state index contributed by atoms with van der Waals surface area (Å²) in [6, 6.07) is 6.77. The molecule has 6 rings (SSSR count). The van der Waals surface area contributed by atoms with E-state index in [1.54, 1.807) is 18.5 Å². The zero-order valence-electron chi connectivity index (χ0n) is 18.8. The van der Waals surface area contributed by atoms with Crippen LogP contribution in [0.25, 0.3) is 16.8 Å². The van der Waals surface area contributed by atoms with E-state index in [1.165, 1.54) is 6.07 Å². The molecule has 174 valence electrons. The van der Waals surface area contributed by atoms with Gasteiger partial charge in [-0.25, -0.2) is 19.3 Å². The van der Waals surface area contributed by atoms with Crippen LogP contribution in [-0.2, 0) is 6.42 Å². The van der Waals surface area contributed by atoms with Crippen molar-refractivity contribution in [2.24, 2.45) is 11.1 Å². The number of imidazole rings is 1. The van der Waals surface area contributed by atoms with Crippen molar-refractivity contribution in [1.82, 2.24) is 19.4 Å². The van der Waals surface area contributed by atoms with Crippen LogP contribution in [0.4, 0.5) is 16.2 Å². The molecule has 3 aromatic heterocycles. The molecule has 1 aromatic carbocycles. The summed E-state index contributed by atoms with van der Waals surface area (Å²) in [5.74, 6) is 0.929. The molecule has 4 heterocycles. The first-order valence-electron chi connectivity index (χ1n) is 11.4. The summed E-state index contributed by atoms with van der Waals surface area (Å²) in [5, 5.41) is 0.399. The zero-order valence-corrected chi connectivity index (χ0v) is 19.6. The van der Waals surface area contributed by atoms with Gasteiger partial charge in [0.25, 0.3) is 0 Å². The van der Waals surface area contributed by atoms with Gasteiger partial charge in [0.1, 0.15) is 17.3 Å². The average molecular weight is 478 g/mol. The van der Waals surface area contributed by atoms with E-state index in [-0.39, 0.29) is 23.1 Å². The second-order valence-electron chi connectivity index (χ2n) is 9.40. The number of fused-ring (bicyclic) bond motifs is 2. The lowest BCUT2D eigenvalue weighted by Crippen LogP contribution is -2.45. The van der Waals surface area contributed by atoms with Gasteiger partial charge in [-0.3, -0.25) is 4.40 Å².